The lowest BCUT2D eigenvalue weighted by Crippen LogP contribution is -2.22. The van der Waals surface area contributed by atoms with Gasteiger partial charge in [-0.3, -0.25) is 9.59 Å². The van der Waals surface area contributed by atoms with E-state index in [0.29, 0.717) is 5.75 Å². The molecule has 5 nitrogen and oxygen atoms in total. The second-order valence-corrected chi connectivity index (χ2v) is 6.44. The zero-order valence-electron chi connectivity index (χ0n) is 13.2. The molecule has 0 saturated heterocycles. The Morgan fingerprint density at radius 2 is 2.13 bits per heavy atom. The molecule has 1 aromatic heterocycles. The fourth-order valence-electron chi connectivity index (χ4n) is 2.10. The van der Waals surface area contributed by atoms with Gasteiger partial charge in [0.05, 0.1) is 0 Å². The van der Waals surface area contributed by atoms with Crippen molar-refractivity contribution in [3.63, 3.8) is 0 Å². The molecule has 0 fully saturated rings. The summed E-state index contributed by atoms with van der Waals surface area (Å²) in [6.07, 6.45) is 0.725. The number of anilines is 1. The molecule has 6 heteroatoms. The minimum Gasteiger partial charge on any atom is -0.484 e. The first-order valence-electron chi connectivity index (χ1n) is 7.30. The molecule has 0 bridgehead atoms. The van der Waals surface area contributed by atoms with Crippen molar-refractivity contribution in [3.05, 3.63) is 46.2 Å². The molecule has 122 valence electrons. The van der Waals surface area contributed by atoms with Crippen molar-refractivity contribution >= 4 is 28.8 Å². The van der Waals surface area contributed by atoms with Crippen molar-refractivity contribution in [2.24, 2.45) is 11.7 Å². The number of benzene rings is 1. The predicted molar refractivity (Wildman–Crippen MR) is 91.7 cm³/mol. The van der Waals surface area contributed by atoms with E-state index in [2.05, 4.69) is 5.32 Å². The Balaban J connectivity index is 1.96. The predicted octanol–water partition coefficient (Wildman–Crippen LogP) is 2.74. The molecule has 1 unspecified atom stereocenters. The van der Waals surface area contributed by atoms with Crippen molar-refractivity contribution in [1.29, 1.82) is 0 Å². The molecule has 1 aromatic carbocycles. The lowest BCUT2D eigenvalue weighted by Gasteiger charge is -2.14. The Kier molecular flexibility index (Phi) is 5.76. The van der Waals surface area contributed by atoms with Crippen molar-refractivity contribution in [1.82, 2.24) is 0 Å². The van der Waals surface area contributed by atoms with Crippen LogP contribution in [-0.4, -0.2) is 18.4 Å². The third kappa shape index (κ3) is 5.10. The van der Waals surface area contributed by atoms with Gasteiger partial charge in [0, 0.05) is 16.5 Å². The highest BCUT2D eigenvalue weighted by molar-refractivity contribution is 7.09. The fourth-order valence-corrected chi connectivity index (χ4v) is 2.94. The van der Waals surface area contributed by atoms with Crippen LogP contribution in [0.25, 0.3) is 0 Å². The number of thiophene rings is 1. The number of aryl methyl sites for hydroxylation is 1. The second-order valence-electron chi connectivity index (χ2n) is 5.41. The number of nitrogens with two attached hydrogens (primary N) is 1. The van der Waals surface area contributed by atoms with Crippen LogP contribution in [-0.2, 0) is 16.0 Å². The molecule has 3 N–H and O–H groups in total. The van der Waals surface area contributed by atoms with E-state index < -0.39 is 5.91 Å². The summed E-state index contributed by atoms with van der Waals surface area (Å²) in [6.45, 7) is 3.62. The minimum atomic E-state index is -0.526. The van der Waals surface area contributed by atoms with E-state index in [1.165, 1.54) is 4.88 Å². The second kappa shape index (κ2) is 7.78. The Labute approximate surface area is 139 Å². The molecule has 2 rings (SSSR count). The number of nitrogens with one attached hydrogen (secondary N) is 1. The maximum Gasteiger partial charge on any atom is 0.255 e. The normalized spacial score (nSPS) is 11.7. The first-order chi connectivity index (χ1) is 11.0. The number of ether oxygens (including phenoxy) is 1. The van der Waals surface area contributed by atoms with Crippen molar-refractivity contribution in [3.8, 4) is 5.75 Å². The van der Waals surface area contributed by atoms with Gasteiger partial charge in [-0.25, -0.2) is 0 Å². The zero-order chi connectivity index (χ0) is 16.8. The van der Waals surface area contributed by atoms with Crippen LogP contribution in [0, 0.1) is 12.8 Å². The van der Waals surface area contributed by atoms with Crippen LogP contribution in [0.4, 0.5) is 5.69 Å². The first-order valence-corrected chi connectivity index (χ1v) is 8.18. The van der Waals surface area contributed by atoms with E-state index >= 15 is 0 Å². The number of carbonyl (C=O) groups excluding carboxylic acids is 2. The third-order valence-corrected chi connectivity index (χ3v) is 4.27. The molecule has 0 aliphatic carbocycles. The highest BCUT2D eigenvalue weighted by Gasteiger charge is 2.15. The van der Waals surface area contributed by atoms with E-state index in [4.69, 9.17) is 10.5 Å². The van der Waals surface area contributed by atoms with E-state index in [0.717, 1.165) is 17.7 Å². The molecule has 0 spiro atoms. The highest BCUT2D eigenvalue weighted by atomic mass is 32.1. The number of carbonyl (C=O) groups is 2. The van der Waals surface area contributed by atoms with Crippen molar-refractivity contribution in [2.45, 2.75) is 20.3 Å². The fraction of sp³-hybridized carbons (Fsp3) is 0.294. The maximum absolute atomic E-state index is 12.3. The molecule has 1 heterocycles. The summed E-state index contributed by atoms with van der Waals surface area (Å²) in [7, 11) is 0. The summed E-state index contributed by atoms with van der Waals surface area (Å²) in [6, 6.07) is 9.25. The third-order valence-electron chi connectivity index (χ3n) is 3.37. The van der Waals surface area contributed by atoms with Crippen molar-refractivity contribution < 1.29 is 14.3 Å². The Morgan fingerprint density at radius 3 is 2.74 bits per heavy atom. The van der Waals surface area contributed by atoms with Crippen LogP contribution in [0.1, 0.15) is 17.4 Å². The monoisotopic (exact) mass is 332 g/mol. The van der Waals surface area contributed by atoms with E-state index in [9.17, 15) is 9.59 Å². The maximum atomic E-state index is 12.3. The van der Waals surface area contributed by atoms with Gasteiger partial charge in [0.1, 0.15) is 5.75 Å². The van der Waals surface area contributed by atoms with Gasteiger partial charge in [0.25, 0.3) is 5.91 Å². The minimum absolute atomic E-state index is 0.0210. The smallest absolute Gasteiger partial charge is 0.255 e. The van der Waals surface area contributed by atoms with Gasteiger partial charge in [-0.15, -0.1) is 11.3 Å². The standard InChI is InChI=1S/C17H20N2O3S/c1-11-8-13(22-10-16(18)20)5-6-15(11)19-17(21)12(2)9-14-4-3-7-23-14/h3-8,12H,9-10H2,1-2H3,(H2,18,20)(H,19,21). The molecular formula is C17H20N2O3S. The quantitative estimate of drug-likeness (QED) is 0.818. The van der Waals surface area contributed by atoms with Crippen LogP contribution in [0.3, 0.4) is 0 Å². The lowest BCUT2D eigenvalue weighted by molar-refractivity contribution is -0.120. The summed E-state index contributed by atoms with van der Waals surface area (Å²) in [5, 5.41) is 4.94. The summed E-state index contributed by atoms with van der Waals surface area (Å²) in [5.74, 6) is -0.112. The molecule has 1 atom stereocenters. The number of primary amides is 1. The van der Waals surface area contributed by atoms with E-state index in [1.54, 1.807) is 29.5 Å². The number of rotatable bonds is 7. The summed E-state index contributed by atoms with van der Waals surface area (Å²) in [4.78, 5) is 24.2. The number of hydrogen-bond acceptors (Lipinski definition) is 4. The summed E-state index contributed by atoms with van der Waals surface area (Å²) in [5.41, 5.74) is 6.64. The van der Waals surface area contributed by atoms with Crippen LogP contribution in [0.5, 0.6) is 5.75 Å². The molecule has 0 aliphatic heterocycles. The largest absolute Gasteiger partial charge is 0.484 e. The number of hydrogen-bond donors (Lipinski definition) is 2. The van der Waals surface area contributed by atoms with Crippen LogP contribution in [0.15, 0.2) is 35.7 Å². The Bertz CT molecular complexity index is 683. The molecule has 0 radical (unpaired) electrons. The zero-order valence-corrected chi connectivity index (χ0v) is 14.0. The SMILES string of the molecule is Cc1cc(OCC(N)=O)ccc1NC(=O)C(C)Cc1cccs1. The van der Waals surface area contributed by atoms with E-state index in [-0.39, 0.29) is 18.4 Å². The molecule has 2 amide bonds. The average Bonchev–Trinajstić information content (AvgIpc) is 3.00. The Morgan fingerprint density at radius 1 is 1.35 bits per heavy atom. The first kappa shape index (κ1) is 17.0. The summed E-state index contributed by atoms with van der Waals surface area (Å²) >= 11 is 1.65. The van der Waals surface area contributed by atoms with Crippen LogP contribution in [0.2, 0.25) is 0 Å². The average molecular weight is 332 g/mol. The van der Waals surface area contributed by atoms with Gasteiger partial charge in [-0.1, -0.05) is 13.0 Å². The van der Waals surface area contributed by atoms with Gasteiger partial charge in [0.2, 0.25) is 5.91 Å². The molecular weight excluding hydrogens is 312 g/mol. The van der Waals surface area contributed by atoms with Gasteiger partial charge in [-0.2, -0.15) is 0 Å². The lowest BCUT2D eigenvalue weighted by atomic mass is 10.1. The van der Waals surface area contributed by atoms with Gasteiger partial charge < -0.3 is 15.8 Å². The van der Waals surface area contributed by atoms with E-state index in [1.807, 2.05) is 31.4 Å². The van der Waals surface area contributed by atoms with Crippen LogP contribution >= 0.6 is 11.3 Å². The molecule has 0 aliphatic rings. The van der Waals surface area contributed by atoms with Gasteiger partial charge >= 0.3 is 0 Å². The Hall–Kier alpha value is -2.34. The molecule has 0 saturated carbocycles. The van der Waals surface area contributed by atoms with Gasteiger partial charge in [0.15, 0.2) is 6.61 Å². The molecule has 23 heavy (non-hydrogen) atoms. The van der Waals surface area contributed by atoms with Crippen molar-refractivity contribution in [2.75, 3.05) is 11.9 Å². The highest BCUT2D eigenvalue weighted by Crippen LogP contribution is 2.23. The van der Waals surface area contributed by atoms with Gasteiger partial charge in [-0.05, 0) is 48.6 Å². The topological polar surface area (TPSA) is 81.4 Å². The summed E-state index contributed by atoms with van der Waals surface area (Å²) < 4.78 is 5.24. The number of amides is 2. The molecule has 2 aromatic rings. The van der Waals surface area contributed by atoms with Crippen LogP contribution < -0.4 is 15.8 Å².